The molecule has 7 heteroatoms. The predicted molar refractivity (Wildman–Crippen MR) is 117 cm³/mol. The summed E-state index contributed by atoms with van der Waals surface area (Å²) in [5.41, 5.74) is 2.66. The van der Waals surface area contributed by atoms with Crippen LogP contribution in [0.5, 0.6) is 0 Å². The van der Waals surface area contributed by atoms with Gasteiger partial charge in [-0.25, -0.2) is 13.1 Å². The topological polar surface area (TPSA) is 67.2 Å². The van der Waals surface area contributed by atoms with Crippen molar-refractivity contribution in [2.75, 3.05) is 19.6 Å². The van der Waals surface area contributed by atoms with E-state index in [4.69, 9.17) is 5.10 Å². The van der Waals surface area contributed by atoms with Crippen LogP contribution in [0.2, 0.25) is 0 Å². The molecule has 1 aromatic heterocycles. The maximum Gasteiger partial charge on any atom is 0.240 e. The highest BCUT2D eigenvalue weighted by atomic mass is 32.2. The minimum absolute atomic E-state index is 0.279. The van der Waals surface area contributed by atoms with Crippen LogP contribution in [0.15, 0.2) is 41.3 Å². The molecule has 2 aromatic rings. The number of piperidine rings is 3. The van der Waals surface area contributed by atoms with Crippen LogP contribution in [0.25, 0.3) is 0 Å². The van der Waals surface area contributed by atoms with Gasteiger partial charge in [0.05, 0.1) is 10.6 Å². The number of hydrogen-bond acceptors (Lipinski definition) is 4. The van der Waals surface area contributed by atoms with Gasteiger partial charge in [-0.15, -0.1) is 0 Å². The lowest BCUT2D eigenvalue weighted by Gasteiger charge is -2.50. The number of rotatable bonds is 6. The lowest BCUT2D eigenvalue weighted by molar-refractivity contribution is 0.0306. The molecular formula is C23H32N4O2S. The third-order valence-electron chi connectivity index (χ3n) is 7.53. The smallest absolute Gasteiger partial charge is 0.240 e. The first kappa shape index (κ1) is 20.2. The molecular weight excluding hydrogens is 396 g/mol. The molecule has 0 spiro atoms. The standard InChI is InChI=1S/C23H32N4O2S/c1-26-23(14-22(25-26)17-7-5-6-8-17)21-16-27-12-11-18(21)13-19(27)15-24-30(28,29)20-9-3-2-4-10-20/h2-4,9-10,14,17-19,21,24H,5-8,11-13,15-16H2,1H3. The summed E-state index contributed by atoms with van der Waals surface area (Å²) in [6, 6.07) is 11.3. The zero-order valence-corrected chi connectivity index (χ0v) is 18.5. The van der Waals surface area contributed by atoms with E-state index in [1.54, 1.807) is 24.3 Å². The molecule has 0 amide bonds. The Balaban J connectivity index is 1.25. The highest BCUT2D eigenvalue weighted by Crippen LogP contribution is 2.43. The SMILES string of the molecule is Cn1nc(C2CCCC2)cc1C1CN2CCC1CC2CNS(=O)(=O)c1ccccc1. The van der Waals surface area contributed by atoms with Crippen molar-refractivity contribution in [3.8, 4) is 0 Å². The van der Waals surface area contributed by atoms with Crippen molar-refractivity contribution in [2.45, 2.75) is 61.3 Å². The van der Waals surface area contributed by atoms with Crippen molar-refractivity contribution in [2.24, 2.45) is 13.0 Å². The zero-order valence-electron chi connectivity index (χ0n) is 17.7. The van der Waals surface area contributed by atoms with E-state index in [1.165, 1.54) is 43.5 Å². The molecule has 1 N–H and O–H groups in total. The first-order chi connectivity index (χ1) is 14.5. The van der Waals surface area contributed by atoms with Gasteiger partial charge in [-0.3, -0.25) is 9.58 Å². The third kappa shape index (κ3) is 3.83. The van der Waals surface area contributed by atoms with Crippen molar-refractivity contribution < 1.29 is 8.42 Å². The van der Waals surface area contributed by atoms with Crippen LogP contribution in [0.4, 0.5) is 0 Å². The molecule has 4 atom stereocenters. The lowest BCUT2D eigenvalue weighted by Crippen LogP contribution is -2.56. The van der Waals surface area contributed by atoms with Crippen LogP contribution in [-0.4, -0.2) is 48.8 Å². The fraction of sp³-hybridized carbons (Fsp3) is 0.609. The van der Waals surface area contributed by atoms with Crippen LogP contribution in [0.1, 0.15) is 61.7 Å². The molecule has 4 heterocycles. The predicted octanol–water partition coefficient (Wildman–Crippen LogP) is 3.23. The first-order valence-corrected chi connectivity index (χ1v) is 12.8. The monoisotopic (exact) mass is 428 g/mol. The molecule has 1 aliphatic carbocycles. The molecule has 4 fully saturated rings. The number of fused-ring (bicyclic) bond motifs is 3. The van der Waals surface area contributed by atoms with Gasteiger partial charge in [-0.2, -0.15) is 5.10 Å². The van der Waals surface area contributed by atoms with Crippen LogP contribution < -0.4 is 4.72 Å². The van der Waals surface area contributed by atoms with E-state index < -0.39 is 10.0 Å². The number of hydrogen-bond donors (Lipinski definition) is 1. The molecule has 1 saturated carbocycles. The number of aryl methyl sites for hydroxylation is 1. The average Bonchev–Trinajstić information content (AvgIpc) is 3.43. The molecule has 1 aromatic carbocycles. The van der Waals surface area contributed by atoms with Crippen molar-refractivity contribution in [1.29, 1.82) is 0 Å². The maximum absolute atomic E-state index is 12.6. The van der Waals surface area contributed by atoms with Crippen LogP contribution in [0.3, 0.4) is 0 Å². The molecule has 6 nitrogen and oxygen atoms in total. The summed E-state index contributed by atoms with van der Waals surface area (Å²) in [6.07, 6.45) is 7.46. The summed E-state index contributed by atoms with van der Waals surface area (Å²) in [4.78, 5) is 2.83. The summed E-state index contributed by atoms with van der Waals surface area (Å²) >= 11 is 0. The van der Waals surface area contributed by atoms with Gasteiger partial charge in [-0.05, 0) is 56.3 Å². The van der Waals surface area contributed by atoms with Gasteiger partial charge >= 0.3 is 0 Å². The quantitative estimate of drug-likeness (QED) is 0.767. The van der Waals surface area contributed by atoms with Crippen molar-refractivity contribution in [3.63, 3.8) is 0 Å². The average molecular weight is 429 g/mol. The number of benzene rings is 1. The number of aromatic nitrogens is 2. The second-order valence-electron chi connectivity index (χ2n) is 9.30. The van der Waals surface area contributed by atoms with Gasteiger partial charge in [0.15, 0.2) is 0 Å². The van der Waals surface area contributed by atoms with E-state index in [2.05, 4.69) is 27.4 Å². The Morgan fingerprint density at radius 1 is 1.13 bits per heavy atom. The zero-order chi connectivity index (χ0) is 20.7. The van der Waals surface area contributed by atoms with Gasteiger partial charge in [0.1, 0.15) is 0 Å². The largest absolute Gasteiger partial charge is 0.298 e. The molecule has 0 radical (unpaired) electrons. The Kier molecular flexibility index (Phi) is 5.45. The molecule has 2 bridgehead atoms. The lowest BCUT2D eigenvalue weighted by atomic mass is 9.74. The Hall–Kier alpha value is -1.70. The van der Waals surface area contributed by atoms with E-state index in [0.717, 1.165) is 19.5 Å². The van der Waals surface area contributed by atoms with Crippen LogP contribution >= 0.6 is 0 Å². The summed E-state index contributed by atoms with van der Waals surface area (Å²) in [5.74, 6) is 1.76. The molecule has 30 heavy (non-hydrogen) atoms. The Bertz CT molecular complexity index is 982. The number of nitrogens with zero attached hydrogens (tertiary/aromatic N) is 3. The van der Waals surface area contributed by atoms with E-state index in [-0.39, 0.29) is 6.04 Å². The van der Waals surface area contributed by atoms with Gasteiger partial charge < -0.3 is 0 Å². The molecule has 4 aliphatic rings. The Labute approximate surface area is 179 Å². The van der Waals surface area contributed by atoms with Crippen molar-refractivity contribution >= 4 is 10.0 Å². The minimum atomic E-state index is -3.45. The summed E-state index contributed by atoms with van der Waals surface area (Å²) in [7, 11) is -1.35. The van der Waals surface area contributed by atoms with Crippen molar-refractivity contribution in [1.82, 2.24) is 19.4 Å². The fourth-order valence-corrected chi connectivity index (χ4v) is 6.94. The summed E-state index contributed by atoms with van der Waals surface area (Å²) in [5, 5.41) is 4.88. The Morgan fingerprint density at radius 3 is 2.60 bits per heavy atom. The normalized spacial score (nSPS) is 29.5. The highest BCUT2D eigenvalue weighted by Gasteiger charge is 2.42. The van der Waals surface area contributed by atoms with Gasteiger partial charge in [-0.1, -0.05) is 31.0 Å². The van der Waals surface area contributed by atoms with E-state index in [1.807, 2.05) is 6.07 Å². The van der Waals surface area contributed by atoms with E-state index >= 15 is 0 Å². The molecule has 6 rings (SSSR count). The molecule has 3 aliphatic heterocycles. The fourth-order valence-electron chi connectivity index (χ4n) is 5.85. The van der Waals surface area contributed by atoms with Crippen LogP contribution in [-0.2, 0) is 17.1 Å². The maximum atomic E-state index is 12.6. The van der Waals surface area contributed by atoms with Gasteiger partial charge in [0, 0.05) is 43.7 Å². The highest BCUT2D eigenvalue weighted by molar-refractivity contribution is 7.89. The number of nitrogens with one attached hydrogen (secondary N) is 1. The van der Waals surface area contributed by atoms with E-state index in [0.29, 0.717) is 29.2 Å². The first-order valence-electron chi connectivity index (χ1n) is 11.3. The van der Waals surface area contributed by atoms with Crippen LogP contribution in [0, 0.1) is 5.92 Å². The van der Waals surface area contributed by atoms with Crippen molar-refractivity contribution in [3.05, 3.63) is 47.8 Å². The molecule has 3 saturated heterocycles. The molecule has 4 unspecified atom stereocenters. The van der Waals surface area contributed by atoms with E-state index in [9.17, 15) is 8.42 Å². The second-order valence-corrected chi connectivity index (χ2v) is 11.1. The van der Waals surface area contributed by atoms with Gasteiger partial charge in [0.2, 0.25) is 10.0 Å². The second kappa shape index (κ2) is 8.09. The Morgan fingerprint density at radius 2 is 1.90 bits per heavy atom. The molecule has 162 valence electrons. The number of sulfonamides is 1. The summed E-state index contributed by atoms with van der Waals surface area (Å²) in [6.45, 7) is 2.55. The minimum Gasteiger partial charge on any atom is -0.298 e. The van der Waals surface area contributed by atoms with Gasteiger partial charge in [0.25, 0.3) is 0 Å². The third-order valence-corrected chi connectivity index (χ3v) is 8.97. The summed E-state index contributed by atoms with van der Waals surface area (Å²) < 4.78 is 30.2.